The van der Waals surface area contributed by atoms with E-state index in [-0.39, 0.29) is 11.4 Å². The van der Waals surface area contributed by atoms with E-state index in [9.17, 15) is 4.79 Å². The van der Waals surface area contributed by atoms with Crippen LogP contribution in [0, 0.1) is 5.41 Å². The summed E-state index contributed by atoms with van der Waals surface area (Å²) in [5, 5.41) is 16.1. The smallest absolute Gasteiger partial charge is 0.283 e. The zero-order valence-corrected chi connectivity index (χ0v) is 20.0. The molecule has 2 aromatic rings. The van der Waals surface area contributed by atoms with Crippen LogP contribution in [0.2, 0.25) is 5.02 Å². The molecule has 2 aromatic carbocycles. The molecule has 0 spiro atoms. The molecule has 3 heterocycles. The van der Waals surface area contributed by atoms with Gasteiger partial charge in [0.2, 0.25) is 5.17 Å². The van der Waals surface area contributed by atoms with Crippen LogP contribution in [0.25, 0.3) is 6.08 Å². The average molecular weight is 496 g/mol. The molecule has 3 aliphatic heterocycles. The van der Waals surface area contributed by atoms with Crippen molar-refractivity contribution in [2.45, 2.75) is 19.4 Å². The number of methoxy groups -OCH3 is 1. The molecule has 0 aliphatic carbocycles. The molecular formula is C24H22ClN5O3S. The second-order valence-corrected chi connectivity index (χ2v) is 9.25. The van der Waals surface area contributed by atoms with Crippen molar-refractivity contribution in [3.8, 4) is 11.5 Å². The van der Waals surface area contributed by atoms with E-state index in [0.29, 0.717) is 33.9 Å². The molecule has 0 unspecified atom stereocenters. The number of hydrogen-bond donors (Lipinski definition) is 1. The number of carbonyl (C=O) groups excluding carboxylic acids is 1. The van der Waals surface area contributed by atoms with Gasteiger partial charge in [0.1, 0.15) is 6.61 Å². The number of likely N-dealkylation sites (tertiary alicyclic amines) is 1. The second-order valence-electron chi connectivity index (χ2n) is 7.91. The van der Waals surface area contributed by atoms with Gasteiger partial charge in [0.05, 0.1) is 17.7 Å². The Labute approximate surface area is 206 Å². The van der Waals surface area contributed by atoms with Gasteiger partial charge >= 0.3 is 0 Å². The van der Waals surface area contributed by atoms with Crippen molar-refractivity contribution in [1.82, 2.24) is 9.91 Å². The van der Waals surface area contributed by atoms with Crippen LogP contribution in [0.3, 0.4) is 0 Å². The molecule has 3 aliphatic rings. The van der Waals surface area contributed by atoms with Crippen molar-refractivity contribution in [3.05, 3.63) is 64.2 Å². The number of amidine groups is 3. The van der Waals surface area contributed by atoms with Crippen molar-refractivity contribution in [3.63, 3.8) is 0 Å². The van der Waals surface area contributed by atoms with Crippen LogP contribution in [0.1, 0.15) is 24.0 Å². The monoisotopic (exact) mass is 495 g/mol. The van der Waals surface area contributed by atoms with Gasteiger partial charge in [0.25, 0.3) is 5.91 Å². The fourth-order valence-corrected chi connectivity index (χ4v) is 5.10. The SMILES string of the molecule is COc1cc(/C=C2/C(=N)N3N=C(N4CCCC4)SC3=NC2=O)cc(Cl)c1OCc1ccccc1. The minimum Gasteiger partial charge on any atom is -0.493 e. The van der Waals surface area contributed by atoms with Crippen LogP contribution in [0.4, 0.5) is 0 Å². The number of rotatable bonds is 5. The van der Waals surface area contributed by atoms with E-state index in [1.54, 1.807) is 18.2 Å². The highest BCUT2D eigenvalue weighted by Crippen LogP contribution is 2.38. The molecule has 0 saturated carbocycles. The third kappa shape index (κ3) is 4.41. The van der Waals surface area contributed by atoms with Crippen LogP contribution in [-0.2, 0) is 11.4 Å². The zero-order chi connectivity index (χ0) is 23.7. The largest absolute Gasteiger partial charge is 0.493 e. The van der Waals surface area contributed by atoms with Gasteiger partial charge in [-0.1, -0.05) is 41.9 Å². The molecule has 34 heavy (non-hydrogen) atoms. The number of hydrazone groups is 1. The predicted molar refractivity (Wildman–Crippen MR) is 135 cm³/mol. The first-order valence-electron chi connectivity index (χ1n) is 10.8. The summed E-state index contributed by atoms with van der Waals surface area (Å²) in [4.78, 5) is 19.1. The topological polar surface area (TPSA) is 90.6 Å². The van der Waals surface area contributed by atoms with Crippen LogP contribution in [-0.4, -0.2) is 52.2 Å². The summed E-state index contributed by atoms with van der Waals surface area (Å²) in [7, 11) is 1.53. The summed E-state index contributed by atoms with van der Waals surface area (Å²) < 4.78 is 11.4. The lowest BCUT2D eigenvalue weighted by Crippen LogP contribution is -2.35. The Morgan fingerprint density at radius 1 is 1.18 bits per heavy atom. The van der Waals surface area contributed by atoms with E-state index in [1.165, 1.54) is 23.9 Å². The summed E-state index contributed by atoms with van der Waals surface area (Å²) in [5.41, 5.74) is 1.72. The van der Waals surface area contributed by atoms with Crippen molar-refractivity contribution < 1.29 is 14.3 Å². The standard InChI is InChI=1S/C24H22ClN5O3S/c1-32-19-13-16(12-18(25)20(19)33-14-15-7-3-2-4-8-15)11-17-21(26)30-23(27-22(17)31)34-24(28-30)29-9-5-6-10-29/h2-4,7-8,11-13,26H,5-6,9-10,14H2,1H3/b17-11-,26-21?. The van der Waals surface area contributed by atoms with Crippen LogP contribution in [0.15, 0.2) is 58.1 Å². The van der Waals surface area contributed by atoms with Crippen LogP contribution >= 0.6 is 23.4 Å². The molecule has 0 aromatic heterocycles. The number of nitrogens with one attached hydrogen (secondary N) is 1. The van der Waals surface area contributed by atoms with Gasteiger partial charge in [-0.3, -0.25) is 10.2 Å². The number of amides is 1. The number of thioether (sulfide) groups is 1. The van der Waals surface area contributed by atoms with E-state index in [0.717, 1.165) is 36.7 Å². The minimum atomic E-state index is -0.485. The van der Waals surface area contributed by atoms with E-state index in [2.05, 4.69) is 15.0 Å². The van der Waals surface area contributed by atoms with Crippen molar-refractivity contribution in [1.29, 1.82) is 5.41 Å². The quantitative estimate of drug-likeness (QED) is 0.609. The lowest BCUT2D eigenvalue weighted by molar-refractivity contribution is -0.114. The number of fused-ring (bicyclic) bond motifs is 1. The third-order valence-corrected chi connectivity index (χ3v) is 6.86. The molecule has 0 bridgehead atoms. The molecule has 10 heteroatoms. The van der Waals surface area contributed by atoms with Crippen LogP contribution < -0.4 is 9.47 Å². The Balaban J connectivity index is 1.40. The summed E-state index contributed by atoms with van der Waals surface area (Å²) in [6, 6.07) is 13.1. The maximum absolute atomic E-state index is 12.8. The fourth-order valence-electron chi connectivity index (χ4n) is 3.88. The third-order valence-electron chi connectivity index (χ3n) is 5.61. The number of halogens is 1. The van der Waals surface area contributed by atoms with Crippen molar-refractivity contribution in [2.75, 3.05) is 20.2 Å². The van der Waals surface area contributed by atoms with Gasteiger partial charge in [-0.2, -0.15) is 10.0 Å². The zero-order valence-electron chi connectivity index (χ0n) is 18.5. The molecule has 0 radical (unpaired) electrons. The van der Waals surface area contributed by atoms with E-state index < -0.39 is 5.91 Å². The van der Waals surface area contributed by atoms with Gasteiger partial charge in [0, 0.05) is 13.1 Å². The number of ether oxygens (including phenoxy) is 2. The highest BCUT2D eigenvalue weighted by molar-refractivity contribution is 8.26. The second kappa shape index (κ2) is 9.52. The summed E-state index contributed by atoms with van der Waals surface area (Å²) >= 11 is 7.84. The summed E-state index contributed by atoms with van der Waals surface area (Å²) in [6.07, 6.45) is 3.80. The van der Waals surface area contributed by atoms with Gasteiger partial charge in [-0.05, 0) is 53.9 Å². The molecule has 1 amide bonds. The molecule has 1 saturated heterocycles. The molecule has 174 valence electrons. The van der Waals surface area contributed by atoms with Crippen molar-refractivity contribution >= 4 is 51.5 Å². The Hall–Kier alpha value is -3.30. The Morgan fingerprint density at radius 3 is 2.68 bits per heavy atom. The van der Waals surface area contributed by atoms with E-state index in [4.69, 9.17) is 26.5 Å². The van der Waals surface area contributed by atoms with Gasteiger partial charge in [-0.25, -0.2) is 0 Å². The summed E-state index contributed by atoms with van der Waals surface area (Å²) in [6.45, 7) is 2.18. The Morgan fingerprint density at radius 2 is 1.94 bits per heavy atom. The minimum absolute atomic E-state index is 0.0174. The molecule has 1 N–H and O–H groups in total. The Bertz CT molecular complexity index is 1240. The van der Waals surface area contributed by atoms with Gasteiger partial charge in [0.15, 0.2) is 22.5 Å². The number of nitrogens with zero attached hydrogens (tertiary/aromatic N) is 4. The number of carbonyl (C=O) groups is 1. The molecule has 1 fully saturated rings. The summed E-state index contributed by atoms with van der Waals surface area (Å²) in [5.74, 6) is 0.342. The number of aliphatic imine (C=N–C) groups is 1. The highest BCUT2D eigenvalue weighted by atomic mass is 35.5. The molecule has 0 atom stereocenters. The van der Waals surface area contributed by atoms with Crippen LogP contribution in [0.5, 0.6) is 11.5 Å². The molecule has 5 rings (SSSR count). The lowest BCUT2D eigenvalue weighted by atomic mass is 10.1. The average Bonchev–Trinajstić information content (AvgIpc) is 3.51. The number of benzene rings is 2. The van der Waals surface area contributed by atoms with E-state index in [1.807, 2.05) is 30.3 Å². The first kappa shape index (κ1) is 22.5. The normalized spacial score (nSPS) is 18.8. The fraction of sp³-hybridized carbons (Fsp3) is 0.250. The van der Waals surface area contributed by atoms with Crippen molar-refractivity contribution in [2.24, 2.45) is 10.1 Å². The van der Waals surface area contributed by atoms with E-state index >= 15 is 0 Å². The van der Waals surface area contributed by atoms with Gasteiger partial charge in [-0.15, -0.1) is 5.10 Å². The number of hydrogen-bond acceptors (Lipinski definition) is 7. The first-order chi connectivity index (χ1) is 16.5. The molecular weight excluding hydrogens is 474 g/mol. The maximum atomic E-state index is 12.8. The van der Waals surface area contributed by atoms with Gasteiger partial charge < -0.3 is 14.4 Å². The Kier molecular flexibility index (Phi) is 6.30. The lowest BCUT2D eigenvalue weighted by Gasteiger charge is -2.20. The maximum Gasteiger partial charge on any atom is 0.283 e. The molecule has 8 nitrogen and oxygen atoms in total. The first-order valence-corrected chi connectivity index (χ1v) is 12.0. The predicted octanol–water partition coefficient (Wildman–Crippen LogP) is 4.60. The highest BCUT2D eigenvalue weighted by Gasteiger charge is 2.37.